The quantitative estimate of drug-likeness (QED) is 0.871. The van der Waals surface area contributed by atoms with Crippen LogP contribution in [0.1, 0.15) is 36.6 Å². The first-order valence-electron chi connectivity index (χ1n) is 7.19. The topological polar surface area (TPSA) is 29.3 Å². The molecule has 0 saturated carbocycles. The highest BCUT2D eigenvalue weighted by Crippen LogP contribution is 2.27. The molecule has 0 spiro atoms. The summed E-state index contributed by atoms with van der Waals surface area (Å²) in [7, 11) is 0. The molecule has 1 aromatic carbocycles. The van der Waals surface area contributed by atoms with Crippen LogP contribution in [0.15, 0.2) is 41.1 Å². The maximum atomic E-state index is 6.26. The summed E-state index contributed by atoms with van der Waals surface area (Å²) in [6.45, 7) is 8.43. The molecule has 1 heterocycles. The van der Waals surface area contributed by atoms with Crippen LogP contribution in [0, 0.1) is 6.92 Å². The van der Waals surface area contributed by atoms with E-state index in [1.54, 1.807) is 11.3 Å². The molecule has 20 heavy (non-hydrogen) atoms. The van der Waals surface area contributed by atoms with E-state index in [0.29, 0.717) is 0 Å². The van der Waals surface area contributed by atoms with Gasteiger partial charge in [0.05, 0.1) is 6.04 Å². The van der Waals surface area contributed by atoms with E-state index in [2.05, 4.69) is 66.8 Å². The van der Waals surface area contributed by atoms with Gasteiger partial charge in [-0.2, -0.15) is 11.3 Å². The van der Waals surface area contributed by atoms with Crippen LogP contribution in [-0.4, -0.2) is 17.5 Å². The van der Waals surface area contributed by atoms with Gasteiger partial charge in [0.1, 0.15) is 0 Å². The maximum Gasteiger partial charge on any atom is 0.0508 e. The van der Waals surface area contributed by atoms with E-state index in [1.165, 1.54) is 16.7 Å². The number of nitrogens with two attached hydrogens (primary N) is 1. The van der Waals surface area contributed by atoms with E-state index < -0.39 is 0 Å². The molecule has 2 atom stereocenters. The Bertz CT molecular complexity index is 520. The zero-order chi connectivity index (χ0) is 14.5. The van der Waals surface area contributed by atoms with Crippen molar-refractivity contribution in [3.8, 4) is 0 Å². The lowest BCUT2D eigenvalue weighted by molar-refractivity contribution is 0.177. The lowest BCUT2D eigenvalue weighted by Gasteiger charge is -2.33. The number of hydrogen-bond acceptors (Lipinski definition) is 3. The van der Waals surface area contributed by atoms with Gasteiger partial charge in [-0.1, -0.05) is 31.2 Å². The fourth-order valence-electron chi connectivity index (χ4n) is 2.70. The zero-order valence-corrected chi connectivity index (χ0v) is 13.4. The Morgan fingerprint density at radius 3 is 2.55 bits per heavy atom. The SMILES string of the molecule is CCN(Cc1ccccc1C)C(c1ccsc1)C(C)N. The van der Waals surface area contributed by atoms with Crippen LogP contribution in [0.25, 0.3) is 0 Å². The molecular weight excluding hydrogens is 264 g/mol. The predicted octanol–water partition coefficient (Wildman–Crippen LogP) is 3.97. The lowest BCUT2D eigenvalue weighted by Crippen LogP contribution is -2.39. The summed E-state index contributed by atoms with van der Waals surface area (Å²) >= 11 is 1.74. The van der Waals surface area contributed by atoms with E-state index in [4.69, 9.17) is 5.73 Å². The molecule has 2 N–H and O–H groups in total. The van der Waals surface area contributed by atoms with Crippen molar-refractivity contribution in [2.24, 2.45) is 5.73 Å². The predicted molar refractivity (Wildman–Crippen MR) is 88.0 cm³/mol. The van der Waals surface area contributed by atoms with E-state index in [0.717, 1.165) is 13.1 Å². The van der Waals surface area contributed by atoms with Crippen molar-refractivity contribution >= 4 is 11.3 Å². The second-order valence-electron chi connectivity index (χ2n) is 5.35. The van der Waals surface area contributed by atoms with E-state index in [1.807, 2.05) is 0 Å². The summed E-state index contributed by atoms with van der Waals surface area (Å²) in [6, 6.07) is 11.2. The van der Waals surface area contributed by atoms with Crippen LogP contribution >= 0.6 is 11.3 Å². The van der Waals surface area contributed by atoms with Crippen molar-refractivity contribution in [3.63, 3.8) is 0 Å². The average molecular weight is 288 g/mol. The number of thiophene rings is 1. The van der Waals surface area contributed by atoms with Gasteiger partial charge in [-0.15, -0.1) is 0 Å². The zero-order valence-electron chi connectivity index (χ0n) is 12.5. The van der Waals surface area contributed by atoms with Crippen LogP contribution in [0.4, 0.5) is 0 Å². The summed E-state index contributed by atoms with van der Waals surface area (Å²) < 4.78 is 0. The first kappa shape index (κ1) is 15.2. The molecule has 0 fully saturated rings. The van der Waals surface area contributed by atoms with Gasteiger partial charge >= 0.3 is 0 Å². The molecule has 0 aliphatic rings. The molecule has 0 radical (unpaired) electrons. The summed E-state index contributed by atoms with van der Waals surface area (Å²) in [5.74, 6) is 0. The van der Waals surface area contributed by atoms with Crippen molar-refractivity contribution in [1.82, 2.24) is 4.90 Å². The Kier molecular flexibility index (Phi) is 5.35. The summed E-state index contributed by atoms with van der Waals surface area (Å²) in [5, 5.41) is 4.35. The third-order valence-electron chi connectivity index (χ3n) is 3.82. The second kappa shape index (κ2) is 7.02. The third-order valence-corrected chi connectivity index (χ3v) is 4.52. The highest BCUT2D eigenvalue weighted by atomic mass is 32.1. The minimum Gasteiger partial charge on any atom is -0.326 e. The van der Waals surface area contributed by atoms with Crippen molar-refractivity contribution in [3.05, 3.63) is 57.8 Å². The third kappa shape index (κ3) is 3.48. The van der Waals surface area contributed by atoms with Gasteiger partial charge < -0.3 is 5.73 Å². The van der Waals surface area contributed by atoms with E-state index in [9.17, 15) is 0 Å². The fourth-order valence-corrected chi connectivity index (χ4v) is 3.39. The van der Waals surface area contributed by atoms with Crippen molar-refractivity contribution in [2.45, 2.75) is 39.4 Å². The monoisotopic (exact) mass is 288 g/mol. The standard InChI is InChI=1S/C17H24N2S/c1-4-19(11-15-8-6-5-7-13(15)2)17(14(3)18)16-9-10-20-12-16/h5-10,12,14,17H,4,11,18H2,1-3H3. The van der Waals surface area contributed by atoms with Gasteiger partial charge in [0, 0.05) is 12.6 Å². The number of nitrogens with zero attached hydrogens (tertiary/aromatic N) is 1. The number of likely N-dealkylation sites (N-methyl/N-ethyl adjacent to an activating group) is 1. The van der Waals surface area contributed by atoms with Crippen LogP contribution < -0.4 is 5.73 Å². The van der Waals surface area contributed by atoms with Gasteiger partial charge in [0.25, 0.3) is 0 Å². The van der Waals surface area contributed by atoms with Crippen LogP contribution in [-0.2, 0) is 6.54 Å². The maximum absolute atomic E-state index is 6.26. The highest BCUT2D eigenvalue weighted by Gasteiger charge is 2.23. The van der Waals surface area contributed by atoms with Crippen molar-refractivity contribution in [1.29, 1.82) is 0 Å². The smallest absolute Gasteiger partial charge is 0.0508 e. The fraction of sp³-hybridized carbons (Fsp3) is 0.412. The van der Waals surface area contributed by atoms with Gasteiger partial charge in [0.2, 0.25) is 0 Å². The molecule has 2 unspecified atom stereocenters. The molecular formula is C17H24N2S. The summed E-state index contributed by atoms with van der Waals surface area (Å²) in [5.41, 5.74) is 10.3. The minimum absolute atomic E-state index is 0.119. The summed E-state index contributed by atoms with van der Waals surface area (Å²) in [6.07, 6.45) is 0. The molecule has 0 aliphatic carbocycles. The number of hydrogen-bond donors (Lipinski definition) is 1. The molecule has 0 amide bonds. The first-order chi connectivity index (χ1) is 9.63. The molecule has 0 saturated heterocycles. The first-order valence-corrected chi connectivity index (χ1v) is 8.14. The number of aryl methyl sites for hydroxylation is 1. The van der Waals surface area contributed by atoms with Crippen molar-refractivity contribution in [2.75, 3.05) is 6.54 Å². The van der Waals surface area contributed by atoms with Crippen LogP contribution in [0.3, 0.4) is 0 Å². The molecule has 0 aliphatic heterocycles. The molecule has 1 aromatic heterocycles. The number of benzene rings is 1. The van der Waals surface area contributed by atoms with Crippen molar-refractivity contribution < 1.29 is 0 Å². The molecule has 2 aromatic rings. The summed E-state index contributed by atoms with van der Waals surface area (Å²) in [4.78, 5) is 2.47. The largest absolute Gasteiger partial charge is 0.326 e. The second-order valence-corrected chi connectivity index (χ2v) is 6.13. The number of rotatable bonds is 6. The van der Waals surface area contributed by atoms with Crippen LogP contribution in [0.2, 0.25) is 0 Å². The Morgan fingerprint density at radius 2 is 2.00 bits per heavy atom. The minimum atomic E-state index is 0.119. The Hall–Kier alpha value is -1.16. The Morgan fingerprint density at radius 1 is 1.25 bits per heavy atom. The molecule has 2 rings (SSSR count). The van der Waals surface area contributed by atoms with E-state index in [-0.39, 0.29) is 12.1 Å². The molecule has 2 nitrogen and oxygen atoms in total. The van der Waals surface area contributed by atoms with Gasteiger partial charge in [-0.3, -0.25) is 4.90 Å². The van der Waals surface area contributed by atoms with Gasteiger partial charge in [-0.25, -0.2) is 0 Å². The van der Waals surface area contributed by atoms with Crippen LogP contribution in [0.5, 0.6) is 0 Å². The Labute approximate surface area is 126 Å². The molecule has 108 valence electrons. The highest BCUT2D eigenvalue weighted by molar-refractivity contribution is 7.07. The lowest BCUT2D eigenvalue weighted by atomic mass is 10.0. The van der Waals surface area contributed by atoms with Gasteiger partial charge in [-0.05, 0) is 53.9 Å². The molecule has 0 bridgehead atoms. The average Bonchev–Trinajstić information content (AvgIpc) is 2.93. The Balaban J connectivity index is 2.24. The normalized spacial score (nSPS) is 14.4. The molecule has 3 heteroatoms. The van der Waals surface area contributed by atoms with E-state index >= 15 is 0 Å². The van der Waals surface area contributed by atoms with Gasteiger partial charge in [0.15, 0.2) is 0 Å².